The molecule has 0 atom stereocenters. The van der Waals surface area contributed by atoms with E-state index in [-0.39, 0.29) is 10.6 Å². The van der Waals surface area contributed by atoms with E-state index >= 15 is 0 Å². The van der Waals surface area contributed by atoms with Gasteiger partial charge in [0.15, 0.2) is 0 Å². The fourth-order valence-corrected chi connectivity index (χ4v) is 2.28. The lowest BCUT2D eigenvalue weighted by Gasteiger charge is -2.06. The predicted octanol–water partition coefficient (Wildman–Crippen LogP) is 3.55. The van der Waals surface area contributed by atoms with Crippen LogP contribution in [0.1, 0.15) is 11.1 Å². The fourth-order valence-electron chi connectivity index (χ4n) is 2.28. The average molecular weight is 267 g/mol. The van der Waals surface area contributed by atoms with Gasteiger partial charge in [-0.25, -0.2) is 4.98 Å². The van der Waals surface area contributed by atoms with Crippen molar-refractivity contribution in [2.75, 3.05) is 0 Å². The molecule has 5 nitrogen and oxygen atoms in total. The summed E-state index contributed by atoms with van der Waals surface area (Å²) in [6.07, 6.45) is 1.63. The maximum atomic E-state index is 11.1. The zero-order valence-corrected chi connectivity index (χ0v) is 11.2. The van der Waals surface area contributed by atoms with Crippen molar-refractivity contribution in [3.8, 4) is 5.69 Å². The molecule has 0 aliphatic heterocycles. The number of hydrogen-bond acceptors (Lipinski definition) is 3. The van der Waals surface area contributed by atoms with Gasteiger partial charge in [0.25, 0.3) is 5.69 Å². The number of nitro groups is 1. The van der Waals surface area contributed by atoms with Gasteiger partial charge in [-0.3, -0.25) is 14.7 Å². The third kappa shape index (κ3) is 1.84. The van der Waals surface area contributed by atoms with Gasteiger partial charge in [0.1, 0.15) is 12.0 Å². The minimum absolute atomic E-state index is 0.0741. The lowest BCUT2D eigenvalue weighted by atomic mass is 10.1. The van der Waals surface area contributed by atoms with E-state index in [1.807, 2.05) is 26.0 Å². The highest BCUT2D eigenvalue weighted by molar-refractivity contribution is 5.80. The number of imidazole rings is 1. The fraction of sp³-hybridized carbons (Fsp3) is 0.133. The van der Waals surface area contributed by atoms with Crippen LogP contribution in [0.2, 0.25) is 0 Å². The van der Waals surface area contributed by atoms with Crippen molar-refractivity contribution in [2.45, 2.75) is 13.8 Å². The molecule has 0 amide bonds. The molecule has 3 rings (SSSR count). The largest absolute Gasteiger partial charge is 0.293 e. The maximum Gasteiger partial charge on any atom is 0.293 e. The van der Waals surface area contributed by atoms with Crippen molar-refractivity contribution in [3.05, 3.63) is 64.0 Å². The van der Waals surface area contributed by atoms with Crippen LogP contribution in [0, 0.1) is 24.0 Å². The molecule has 0 saturated heterocycles. The summed E-state index contributed by atoms with van der Waals surface area (Å²) in [5.41, 5.74) is 4.62. The van der Waals surface area contributed by atoms with E-state index in [0.29, 0.717) is 5.69 Å². The molecular formula is C15H13N3O2. The van der Waals surface area contributed by atoms with E-state index in [1.165, 1.54) is 6.07 Å². The Balaban J connectivity index is 2.31. The molecule has 0 spiro atoms. The molecule has 1 heterocycles. The van der Waals surface area contributed by atoms with Crippen LogP contribution in [0.15, 0.2) is 42.7 Å². The van der Waals surface area contributed by atoms with Gasteiger partial charge in [-0.2, -0.15) is 0 Å². The normalized spacial score (nSPS) is 10.9. The van der Waals surface area contributed by atoms with Crippen LogP contribution in [0.25, 0.3) is 16.7 Å². The van der Waals surface area contributed by atoms with E-state index in [2.05, 4.69) is 4.98 Å². The predicted molar refractivity (Wildman–Crippen MR) is 77.2 cm³/mol. The minimum atomic E-state index is -0.373. The lowest BCUT2D eigenvalue weighted by molar-refractivity contribution is -0.384. The summed E-state index contributed by atoms with van der Waals surface area (Å²) in [5, 5.41) is 11.1. The molecule has 0 aliphatic carbocycles. The van der Waals surface area contributed by atoms with Gasteiger partial charge in [-0.05, 0) is 43.2 Å². The van der Waals surface area contributed by atoms with Gasteiger partial charge in [-0.1, -0.05) is 12.1 Å². The summed E-state index contributed by atoms with van der Waals surface area (Å²) >= 11 is 0. The first-order valence-corrected chi connectivity index (χ1v) is 6.26. The SMILES string of the molecule is Cc1cc2ncn(-c3ccccc3[N+](=O)[O-])c2cc1C. The Morgan fingerprint density at radius 3 is 2.60 bits per heavy atom. The van der Waals surface area contributed by atoms with Crippen LogP contribution >= 0.6 is 0 Å². The number of fused-ring (bicyclic) bond motifs is 1. The van der Waals surface area contributed by atoms with Crippen molar-refractivity contribution in [2.24, 2.45) is 0 Å². The average Bonchev–Trinajstić information content (AvgIpc) is 2.82. The van der Waals surface area contributed by atoms with E-state index in [0.717, 1.165) is 22.2 Å². The zero-order valence-electron chi connectivity index (χ0n) is 11.2. The van der Waals surface area contributed by atoms with Crippen LogP contribution in [-0.4, -0.2) is 14.5 Å². The Kier molecular flexibility index (Phi) is 2.75. The summed E-state index contributed by atoms with van der Waals surface area (Å²) in [6, 6.07) is 10.7. The molecule has 0 saturated carbocycles. The highest BCUT2D eigenvalue weighted by atomic mass is 16.6. The number of aromatic nitrogens is 2. The summed E-state index contributed by atoms with van der Waals surface area (Å²) in [4.78, 5) is 15.1. The number of rotatable bonds is 2. The van der Waals surface area contributed by atoms with Gasteiger partial charge in [0.05, 0.1) is 16.0 Å². The first kappa shape index (κ1) is 12.3. The van der Waals surface area contributed by atoms with Gasteiger partial charge in [0.2, 0.25) is 0 Å². The molecule has 0 unspecified atom stereocenters. The topological polar surface area (TPSA) is 61.0 Å². The van der Waals surface area contributed by atoms with Gasteiger partial charge < -0.3 is 0 Å². The van der Waals surface area contributed by atoms with Crippen molar-refractivity contribution < 1.29 is 4.92 Å². The quantitative estimate of drug-likeness (QED) is 0.527. The molecule has 2 aromatic carbocycles. The van der Waals surface area contributed by atoms with Crippen LogP contribution < -0.4 is 0 Å². The molecule has 0 bridgehead atoms. The van der Waals surface area contributed by atoms with Gasteiger partial charge in [-0.15, -0.1) is 0 Å². The van der Waals surface area contributed by atoms with Crippen LogP contribution in [0.4, 0.5) is 5.69 Å². The second kappa shape index (κ2) is 4.45. The minimum Gasteiger partial charge on any atom is -0.293 e. The van der Waals surface area contributed by atoms with Gasteiger partial charge >= 0.3 is 0 Å². The van der Waals surface area contributed by atoms with Crippen molar-refractivity contribution in [3.63, 3.8) is 0 Å². The highest BCUT2D eigenvalue weighted by Gasteiger charge is 2.16. The Morgan fingerprint density at radius 1 is 1.15 bits per heavy atom. The first-order chi connectivity index (χ1) is 9.58. The number of aryl methyl sites for hydroxylation is 2. The Labute approximate surface area is 115 Å². The number of nitrogens with zero attached hydrogens (tertiary/aromatic N) is 3. The molecule has 5 heteroatoms. The number of hydrogen-bond donors (Lipinski definition) is 0. The van der Waals surface area contributed by atoms with Crippen LogP contribution in [0.5, 0.6) is 0 Å². The summed E-state index contributed by atoms with van der Waals surface area (Å²) in [6.45, 7) is 4.05. The standard InChI is InChI=1S/C15H13N3O2/c1-10-7-12-15(8-11(10)2)17(9-16-12)13-5-3-4-6-14(13)18(19)20/h3-9H,1-2H3. The number of para-hydroxylation sites is 2. The van der Waals surface area contributed by atoms with Crippen molar-refractivity contribution in [1.82, 2.24) is 9.55 Å². The molecule has 20 heavy (non-hydrogen) atoms. The van der Waals surface area contributed by atoms with E-state index in [1.54, 1.807) is 29.1 Å². The molecule has 1 aromatic heterocycles. The monoisotopic (exact) mass is 267 g/mol. The summed E-state index contributed by atoms with van der Waals surface area (Å²) < 4.78 is 1.76. The summed E-state index contributed by atoms with van der Waals surface area (Å²) in [5.74, 6) is 0. The van der Waals surface area contributed by atoms with Crippen LogP contribution in [0.3, 0.4) is 0 Å². The third-order valence-corrected chi connectivity index (χ3v) is 3.50. The second-order valence-corrected chi connectivity index (χ2v) is 4.79. The first-order valence-electron chi connectivity index (χ1n) is 6.26. The molecule has 100 valence electrons. The number of benzene rings is 2. The summed E-state index contributed by atoms with van der Waals surface area (Å²) in [7, 11) is 0. The molecule has 0 aliphatic rings. The molecule has 0 N–H and O–H groups in total. The Hall–Kier alpha value is -2.69. The zero-order chi connectivity index (χ0) is 14.3. The third-order valence-electron chi connectivity index (χ3n) is 3.50. The molecular weight excluding hydrogens is 254 g/mol. The highest BCUT2D eigenvalue weighted by Crippen LogP contribution is 2.27. The van der Waals surface area contributed by atoms with Crippen molar-refractivity contribution >= 4 is 16.7 Å². The van der Waals surface area contributed by atoms with Gasteiger partial charge in [0, 0.05) is 6.07 Å². The smallest absolute Gasteiger partial charge is 0.293 e. The molecule has 0 radical (unpaired) electrons. The van der Waals surface area contributed by atoms with E-state index in [4.69, 9.17) is 0 Å². The van der Waals surface area contributed by atoms with Crippen LogP contribution in [-0.2, 0) is 0 Å². The van der Waals surface area contributed by atoms with E-state index in [9.17, 15) is 10.1 Å². The molecule has 0 fully saturated rings. The Morgan fingerprint density at radius 2 is 1.85 bits per heavy atom. The lowest BCUT2D eigenvalue weighted by Crippen LogP contribution is -1.99. The van der Waals surface area contributed by atoms with E-state index < -0.39 is 0 Å². The number of nitro benzene ring substituents is 1. The van der Waals surface area contributed by atoms with Crippen molar-refractivity contribution in [1.29, 1.82) is 0 Å². The Bertz CT molecular complexity index is 821. The maximum absolute atomic E-state index is 11.1. The second-order valence-electron chi connectivity index (χ2n) is 4.79. The molecule has 3 aromatic rings.